The van der Waals surface area contributed by atoms with Crippen molar-refractivity contribution in [3.8, 4) is 0 Å². The molecular formula is C10H16N4O. The molecule has 82 valence electrons. The number of nitrogens with one attached hydrogen (secondary N) is 1. The minimum Gasteiger partial charge on any atom is -0.366 e. The Labute approximate surface area is 89.0 Å². The zero-order chi connectivity index (χ0) is 10.5. The van der Waals surface area contributed by atoms with Gasteiger partial charge in [0.15, 0.2) is 5.82 Å². The molecule has 2 heterocycles. The van der Waals surface area contributed by atoms with Crippen LogP contribution in [0.3, 0.4) is 0 Å². The normalized spacial score (nSPS) is 17.0. The first-order valence-corrected chi connectivity index (χ1v) is 5.41. The lowest BCUT2D eigenvalue weighted by atomic mass is 10.2. The average Bonchev–Trinajstić information content (AvgIpc) is 2.52. The maximum Gasteiger partial charge on any atom is 0.223 e. The largest absolute Gasteiger partial charge is 0.366 e. The van der Waals surface area contributed by atoms with Gasteiger partial charge in [0.2, 0.25) is 5.89 Å². The quantitative estimate of drug-likeness (QED) is 0.798. The van der Waals surface area contributed by atoms with E-state index in [-0.39, 0.29) is 0 Å². The number of hydrogen-bond acceptors (Lipinski definition) is 5. The van der Waals surface area contributed by atoms with Crippen molar-refractivity contribution in [2.45, 2.75) is 39.2 Å². The summed E-state index contributed by atoms with van der Waals surface area (Å²) in [7, 11) is 0. The SMILES string of the molecule is Cc1nc(CNC2=NCCCCC2)no1. The van der Waals surface area contributed by atoms with Crippen molar-refractivity contribution in [2.75, 3.05) is 6.54 Å². The Balaban J connectivity index is 1.84. The highest BCUT2D eigenvalue weighted by molar-refractivity contribution is 5.82. The van der Waals surface area contributed by atoms with Crippen molar-refractivity contribution in [2.24, 2.45) is 4.99 Å². The van der Waals surface area contributed by atoms with E-state index in [1.807, 2.05) is 0 Å². The molecule has 0 radical (unpaired) electrons. The topological polar surface area (TPSA) is 63.3 Å². The van der Waals surface area contributed by atoms with E-state index >= 15 is 0 Å². The lowest BCUT2D eigenvalue weighted by Crippen LogP contribution is -2.23. The van der Waals surface area contributed by atoms with Crippen molar-refractivity contribution in [3.63, 3.8) is 0 Å². The van der Waals surface area contributed by atoms with Crippen LogP contribution >= 0.6 is 0 Å². The van der Waals surface area contributed by atoms with E-state index < -0.39 is 0 Å². The van der Waals surface area contributed by atoms with Crippen molar-refractivity contribution in [1.82, 2.24) is 15.5 Å². The number of nitrogens with zero attached hydrogens (tertiary/aromatic N) is 3. The van der Waals surface area contributed by atoms with E-state index in [0.717, 1.165) is 18.8 Å². The molecule has 5 nitrogen and oxygen atoms in total. The molecule has 5 heteroatoms. The first kappa shape index (κ1) is 10.1. The molecule has 1 aliphatic heterocycles. The molecule has 2 rings (SSSR count). The highest BCUT2D eigenvalue weighted by atomic mass is 16.5. The Bertz CT molecular complexity index is 345. The number of hydrogen-bond donors (Lipinski definition) is 1. The fourth-order valence-electron chi connectivity index (χ4n) is 1.61. The second-order valence-electron chi connectivity index (χ2n) is 3.72. The molecule has 0 unspecified atom stereocenters. The highest BCUT2D eigenvalue weighted by Gasteiger charge is 2.06. The summed E-state index contributed by atoms with van der Waals surface area (Å²) < 4.78 is 4.89. The summed E-state index contributed by atoms with van der Waals surface area (Å²) in [4.78, 5) is 8.59. The van der Waals surface area contributed by atoms with Gasteiger partial charge >= 0.3 is 0 Å². The van der Waals surface area contributed by atoms with Gasteiger partial charge < -0.3 is 9.84 Å². The molecule has 1 aliphatic rings. The molecule has 1 aromatic heterocycles. The monoisotopic (exact) mass is 208 g/mol. The number of amidine groups is 1. The van der Waals surface area contributed by atoms with Crippen LogP contribution in [0.5, 0.6) is 0 Å². The first-order chi connectivity index (χ1) is 7.34. The number of rotatable bonds is 2. The molecule has 0 saturated heterocycles. The molecule has 1 N–H and O–H groups in total. The summed E-state index contributed by atoms with van der Waals surface area (Å²) in [6.45, 7) is 3.34. The summed E-state index contributed by atoms with van der Waals surface area (Å²) in [5.74, 6) is 2.38. The third-order valence-electron chi connectivity index (χ3n) is 2.39. The van der Waals surface area contributed by atoms with Gasteiger partial charge in [0.1, 0.15) is 0 Å². The molecular weight excluding hydrogens is 192 g/mol. The minimum atomic E-state index is 0.606. The van der Waals surface area contributed by atoms with E-state index in [1.165, 1.54) is 19.3 Å². The molecule has 0 spiro atoms. The number of aryl methyl sites for hydroxylation is 1. The minimum absolute atomic E-state index is 0.606. The van der Waals surface area contributed by atoms with E-state index in [1.54, 1.807) is 6.92 Å². The smallest absolute Gasteiger partial charge is 0.223 e. The second kappa shape index (κ2) is 4.91. The van der Waals surface area contributed by atoms with E-state index in [2.05, 4.69) is 20.4 Å². The average molecular weight is 208 g/mol. The van der Waals surface area contributed by atoms with Gasteiger partial charge in [0.25, 0.3) is 0 Å². The van der Waals surface area contributed by atoms with E-state index in [9.17, 15) is 0 Å². The molecule has 0 bridgehead atoms. The van der Waals surface area contributed by atoms with Gasteiger partial charge in [-0.3, -0.25) is 4.99 Å². The Hall–Kier alpha value is -1.39. The Morgan fingerprint density at radius 2 is 2.27 bits per heavy atom. The predicted octanol–water partition coefficient (Wildman–Crippen LogP) is 1.44. The van der Waals surface area contributed by atoms with Crippen LogP contribution in [0.15, 0.2) is 9.52 Å². The summed E-state index contributed by atoms with van der Waals surface area (Å²) >= 11 is 0. The summed E-state index contributed by atoms with van der Waals surface area (Å²) in [6.07, 6.45) is 4.73. The van der Waals surface area contributed by atoms with Gasteiger partial charge in [-0.25, -0.2) is 0 Å². The highest BCUT2D eigenvalue weighted by Crippen LogP contribution is 2.06. The summed E-state index contributed by atoms with van der Waals surface area (Å²) in [5, 5.41) is 7.08. The molecule has 1 aromatic rings. The maximum absolute atomic E-state index is 4.89. The molecule has 15 heavy (non-hydrogen) atoms. The zero-order valence-corrected chi connectivity index (χ0v) is 8.99. The Morgan fingerprint density at radius 3 is 3.07 bits per heavy atom. The van der Waals surface area contributed by atoms with Crippen LogP contribution in [0.4, 0.5) is 0 Å². The van der Waals surface area contributed by atoms with Crippen molar-refractivity contribution < 1.29 is 4.52 Å². The fraction of sp³-hybridized carbons (Fsp3) is 0.700. The molecule has 0 aromatic carbocycles. The van der Waals surface area contributed by atoms with Crippen LogP contribution in [0.2, 0.25) is 0 Å². The first-order valence-electron chi connectivity index (χ1n) is 5.41. The summed E-state index contributed by atoms with van der Waals surface area (Å²) in [5.41, 5.74) is 0. The Morgan fingerprint density at radius 1 is 1.33 bits per heavy atom. The van der Waals surface area contributed by atoms with Crippen LogP contribution < -0.4 is 5.32 Å². The van der Waals surface area contributed by atoms with E-state index in [4.69, 9.17) is 4.52 Å². The second-order valence-corrected chi connectivity index (χ2v) is 3.72. The van der Waals surface area contributed by atoms with Crippen molar-refractivity contribution in [3.05, 3.63) is 11.7 Å². The van der Waals surface area contributed by atoms with Crippen LogP contribution in [-0.4, -0.2) is 22.5 Å². The van der Waals surface area contributed by atoms with Gasteiger partial charge in [0.05, 0.1) is 12.4 Å². The third kappa shape index (κ3) is 3.04. The third-order valence-corrected chi connectivity index (χ3v) is 2.39. The van der Waals surface area contributed by atoms with Crippen LogP contribution in [-0.2, 0) is 6.54 Å². The van der Waals surface area contributed by atoms with Crippen LogP contribution in [0, 0.1) is 6.92 Å². The predicted molar refractivity (Wildman–Crippen MR) is 56.6 cm³/mol. The summed E-state index contributed by atoms with van der Waals surface area (Å²) in [6, 6.07) is 0. The van der Waals surface area contributed by atoms with Gasteiger partial charge in [-0.15, -0.1) is 0 Å². The van der Waals surface area contributed by atoms with Gasteiger partial charge in [-0.1, -0.05) is 11.6 Å². The molecule has 0 aliphatic carbocycles. The lowest BCUT2D eigenvalue weighted by Gasteiger charge is -2.04. The van der Waals surface area contributed by atoms with Crippen molar-refractivity contribution in [1.29, 1.82) is 0 Å². The van der Waals surface area contributed by atoms with Gasteiger partial charge in [-0.2, -0.15) is 4.98 Å². The van der Waals surface area contributed by atoms with Crippen molar-refractivity contribution >= 4 is 5.84 Å². The van der Waals surface area contributed by atoms with Gasteiger partial charge in [0, 0.05) is 19.9 Å². The standard InChI is InChI=1S/C10H16N4O/c1-8-13-10(14-15-8)7-12-9-5-3-2-4-6-11-9/h2-7H2,1H3,(H,11,12). The zero-order valence-electron chi connectivity index (χ0n) is 8.99. The molecule has 0 atom stereocenters. The lowest BCUT2D eigenvalue weighted by molar-refractivity contribution is 0.387. The number of aromatic nitrogens is 2. The maximum atomic E-state index is 4.89. The van der Waals surface area contributed by atoms with Crippen LogP contribution in [0.25, 0.3) is 0 Å². The van der Waals surface area contributed by atoms with Gasteiger partial charge in [-0.05, 0) is 12.8 Å². The number of aliphatic imine (C=N–C) groups is 1. The molecule has 0 amide bonds. The Kier molecular flexibility index (Phi) is 3.32. The molecule has 0 saturated carbocycles. The van der Waals surface area contributed by atoms with Crippen LogP contribution in [0.1, 0.15) is 37.4 Å². The van der Waals surface area contributed by atoms with E-state index in [0.29, 0.717) is 18.3 Å². The fourth-order valence-corrected chi connectivity index (χ4v) is 1.61. The molecule has 0 fully saturated rings.